The minimum Gasteiger partial charge on any atom is -0.477 e. The highest BCUT2D eigenvalue weighted by Crippen LogP contribution is 2.11. The quantitative estimate of drug-likeness (QED) is 0.256. The third-order valence-corrected chi connectivity index (χ3v) is 5.27. The number of methoxy groups -OCH3 is 2. The number of carboxylic acids is 1. The van der Waals surface area contributed by atoms with Gasteiger partial charge >= 0.3 is 17.9 Å². The number of hydrogen-bond donors (Lipinski definition) is 2. The molecular weight excluding hydrogens is 561 g/mol. The Bertz CT molecular complexity index is 1800. The van der Waals surface area contributed by atoms with Gasteiger partial charge in [0.25, 0.3) is 17.5 Å². The molecule has 1 aromatic carbocycles. The van der Waals surface area contributed by atoms with Gasteiger partial charge in [-0.15, -0.1) is 0 Å². The predicted molar refractivity (Wildman–Crippen MR) is 136 cm³/mol. The van der Waals surface area contributed by atoms with Crippen LogP contribution in [-0.4, -0.2) is 93.2 Å². The summed E-state index contributed by atoms with van der Waals surface area (Å²) in [4.78, 5) is 53.8. The molecule has 42 heavy (non-hydrogen) atoms. The van der Waals surface area contributed by atoms with Crippen LogP contribution >= 0.6 is 0 Å². The summed E-state index contributed by atoms with van der Waals surface area (Å²) in [7, 11) is 2.37. The fraction of sp³-hybridized carbons (Fsp3) is 0.217. The summed E-state index contributed by atoms with van der Waals surface area (Å²) in [5.74, 6) is -3.67. The fourth-order valence-corrected chi connectivity index (χ4v) is 3.29. The van der Waals surface area contributed by atoms with Crippen molar-refractivity contribution in [3.63, 3.8) is 0 Å². The van der Waals surface area contributed by atoms with E-state index in [1.54, 1.807) is 19.1 Å². The Balaban J connectivity index is 0.000000247. The average Bonchev–Trinajstić information content (AvgIpc) is 3.65. The van der Waals surface area contributed by atoms with E-state index in [1.807, 2.05) is 0 Å². The van der Waals surface area contributed by atoms with Gasteiger partial charge in [0.1, 0.15) is 11.5 Å². The van der Waals surface area contributed by atoms with Gasteiger partial charge in [0.05, 0.1) is 14.2 Å². The summed E-state index contributed by atoms with van der Waals surface area (Å²) in [5, 5.41) is 32.3. The monoisotopic (exact) mass is 583 g/mol. The number of amides is 1. The van der Waals surface area contributed by atoms with Crippen LogP contribution in [0.5, 0.6) is 0 Å². The smallest absolute Gasteiger partial charge is 0.357 e. The van der Waals surface area contributed by atoms with Crippen molar-refractivity contribution >= 4 is 35.4 Å². The van der Waals surface area contributed by atoms with Crippen LogP contribution in [0.3, 0.4) is 0 Å². The number of fused-ring (bicyclic) bond motifs is 2. The molecule has 0 fully saturated rings. The van der Waals surface area contributed by atoms with Crippen molar-refractivity contribution in [2.24, 2.45) is 0 Å². The third-order valence-electron chi connectivity index (χ3n) is 5.27. The zero-order chi connectivity index (χ0) is 29.7. The topological polar surface area (TPSA) is 231 Å². The molecule has 0 radical (unpaired) electrons. The predicted octanol–water partition coefficient (Wildman–Crippen LogP) is 0.324. The number of aromatic nitrogens is 10. The van der Waals surface area contributed by atoms with E-state index >= 15 is 0 Å². The SMILES string of the molecule is C.COC(=O)c1cc(C(=O)NCc2ccc(F)c(C)c2)nc2nnnn12.COC(=O)c1cc(C(=O)O)nc2nnnn12. The number of ether oxygens (including phenoxy) is 2. The molecule has 0 aliphatic carbocycles. The molecule has 0 aliphatic rings. The molecule has 0 atom stereocenters. The molecule has 0 saturated heterocycles. The molecular formula is C23H22FN11O7. The second kappa shape index (κ2) is 12.9. The largest absolute Gasteiger partial charge is 0.477 e. The first kappa shape index (κ1) is 30.5. The summed E-state index contributed by atoms with van der Waals surface area (Å²) in [6.07, 6.45) is 0. The molecule has 0 unspecified atom stereocenters. The van der Waals surface area contributed by atoms with E-state index in [4.69, 9.17) is 5.11 Å². The summed E-state index contributed by atoms with van der Waals surface area (Å²) < 4.78 is 24.5. The van der Waals surface area contributed by atoms with Crippen LogP contribution in [0.2, 0.25) is 0 Å². The van der Waals surface area contributed by atoms with Gasteiger partial charge in [-0.3, -0.25) is 4.79 Å². The van der Waals surface area contributed by atoms with E-state index in [2.05, 4.69) is 55.8 Å². The zero-order valence-corrected chi connectivity index (χ0v) is 21.3. The lowest BCUT2D eigenvalue weighted by atomic mass is 10.1. The van der Waals surface area contributed by atoms with Crippen LogP contribution in [0.1, 0.15) is 60.5 Å². The summed E-state index contributed by atoms with van der Waals surface area (Å²) in [6.45, 7) is 1.81. The van der Waals surface area contributed by atoms with Gasteiger partial charge in [0.2, 0.25) is 0 Å². The van der Waals surface area contributed by atoms with Crippen molar-refractivity contribution in [1.29, 1.82) is 0 Å². The van der Waals surface area contributed by atoms with Crippen LogP contribution in [0.15, 0.2) is 30.3 Å². The Morgan fingerprint density at radius 2 is 1.40 bits per heavy atom. The Hall–Kier alpha value is -6.01. The number of carboxylic acid groups (broad SMARTS) is 1. The highest BCUT2D eigenvalue weighted by molar-refractivity contribution is 5.96. The third kappa shape index (κ3) is 6.41. The number of aromatic carboxylic acids is 1. The molecule has 0 bridgehead atoms. The minimum atomic E-state index is -1.28. The fourth-order valence-electron chi connectivity index (χ4n) is 3.29. The second-order valence-electron chi connectivity index (χ2n) is 7.89. The number of tetrazole rings is 2. The van der Waals surface area contributed by atoms with Gasteiger partial charge < -0.3 is 19.9 Å². The molecule has 19 heteroatoms. The number of carbonyl (C=O) groups excluding carboxylic acids is 3. The molecule has 2 N–H and O–H groups in total. The number of aryl methyl sites for hydroxylation is 1. The van der Waals surface area contributed by atoms with E-state index in [-0.39, 0.29) is 54.1 Å². The molecule has 0 aliphatic heterocycles. The molecule has 4 heterocycles. The number of esters is 2. The maximum Gasteiger partial charge on any atom is 0.357 e. The van der Waals surface area contributed by atoms with Crippen molar-refractivity contribution in [2.75, 3.05) is 14.2 Å². The number of halogens is 1. The van der Waals surface area contributed by atoms with Gasteiger partial charge in [-0.05, 0) is 45.0 Å². The number of hydrogen-bond acceptors (Lipinski definition) is 14. The Labute approximate surface area is 234 Å². The lowest BCUT2D eigenvalue weighted by Gasteiger charge is -2.07. The average molecular weight is 583 g/mol. The van der Waals surface area contributed by atoms with Crippen LogP contribution < -0.4 is 5.32 Å². The number of rotatable bonds is 6. The first-order valence-electron chi connectivity index (χ1n) is 11.2. The van der Waals surface area contributed by atoms with Gasteiger partial charge in [-0.1, -0.05) is 29.8 Å². The molecule has 5 aromatic rings. The first-order valence-corrected chi connectivity index (χ1v) is 11.2. The summed E-state index contributed by atoms with van der Waals surface area (Å²) in [5.41, 5.74) is 0.707. The van der Waals surface area contributed by atoms with E-state index in [1.165, 1.54) is 26.4 Å². The van der Waals surface area contributed by atoms with E-state index in [0.717, 1.165) is 20.7 Å². The van der Waals surface area contributed by atoms with Crippen molar-refractivity contribution in [2.45, 2.75) is 20.9 Å². The Kier molecular flexibility index (Phi) is 9.37. The summed E-state index contributed by atoms with van der Waals surface area (Å²) >= 11 is 0. The van der Waals surface area contributed by atoms with Crippen molar-refractivity contribution in [3.05, 3.63) is 70.1 Å². The van der Waals surface area contributed by atoms with Crippen molar-refractivity contribution < 1.29 is 38.1 Å². The van der Waals surface area contributed by atoms with E-state index < -0.39 is 23.8 Å². The van der Waals surface area contributed by atoms with Crippen LogP contribution in [0, 0.1) is 12.7 Å². The molecule has 4 aromatic heterocycles. The maximum atomic E-state index is 13.3. The number of nitrogens with one attached hydrogen (secondary N) is 1. The van der Waals surface area contributed by atoms with E-state index in [0.29, 0.717) is 5.56 Å². The van der Waals surface area contributed by atoms with Crippen LogP contribution in [-0.2, 0) is 16.0 Å². The van der Waals surface area contributed by atoms with Crippen molar-refractivity contribution in [1.82, 2.24) is 55.4 Å². The first-order chi connectivity index (χ1) is 19.6. The van der Waals surface area contributed by atoms with Crippen LogP contribution in [0.4, 0.5) is 4.39 Å². The molecule has 0 spiro atoms. The normalized spacial score (nSPS) is 10.3. The minimum absolute atomic E-state index is 0. The highest BCUT2D eigenvalue weighted by Gasteiger charge is 2.20. The van der Waals surface area contributed by atoms with Crippen LogP contribution in [0.25, 0.3) is 11.6 Å². The summed E-state index contributed by atoms with van der Waals surface area (Å²) in [6, 6.07) is 6.81. The molecule has 18 nitrogen and oxygen atoms in total. The number of benzene rings is 1. The van der Waals surface area contributed by atoms with Gasteiger partial charge in [0, 0.05) is 18.7 Å². The van der Waals surface area contributed by atoms with Crippen molar-refractivity contribution in [3.8, 4) is 0 Å². The number of carbonyl (C=O) groups is 4. The lowest BCUT2D eigenvalue weighted by Crippen LogP contribution is -2.25. The molecule has 0 saturated carbocycles. The molecule has 5 rings (SSSR count). The maximum absolute atomic E-state index is 13.3. The standard InChI is InChI=1S/C15H13FN6O3.C7H5N5O4.CH4/c1-8-5-9(3-4-10(8)16)7-17-13(23)11-6-12(14(24)25-2)22-15(18-11)19-20-21-22;1-16-6(15)4-2-3(5(13)14)8-7-9-10-11-12(4)7;/h3-6H,7H2,1-2H3,(H,17,23);2H,1H3,(H,13,14);1H4. The van der Waals surface area contributed by atoms with E-state index in [9.17, 15) is 23.6 Å². The number of nitrogens with zero attached hydrogens (tertiary/aromatic N) is 10. The Morgan fingerprint density at radius 3 is 1.90 bits per heavy atom. The van der Waals surface area contributed by atoms with Gasteiger partial charge in [0.15, 0.2) is 17.1 Å². The van der Waals surface area contributed by atoms with Gasteiger partial charge in [-0.2, -0.15) is 9.03 Å². The molecule has 1 amide bonds. The zero-order valence-electron chi connectivity index (χ0n) is 21.3. The molecule has 218 valence electrons. The van der Waals surface area contributed by atoms with Gasteiger partial charge in [-0.25, -0.2) is 28.7 Å². The lowest BCUT2D eigenvalue weighted by molar-refractivity contribution is 0.0580. The Morgan fingerprint density at radius 1 is 0.881 bits per heavy atom. The second-order valence-corrected chi connectivity index (χ2v) is 7.89. The highest BCUT2D eigenvalue weighted by atomic mass is 19.1.